The molecule has 6 heteroatoms. The molecule has 0 aliphatic carbocycles. The zero-order valence-corrected chi connectivity index (χ0v) is 12.0. The summed E-state index contributed by atoms with van der Waals surface area (Å²) in [7, 11) is 2.20. The van der Waals surface area contributed by atoms with E-state index in [1.165, 1.54) is 0 Å². The fraction of sp³-hybridized carbons (Fsp3) is 0.308. The van der Waals surface area contributed by atoms with Gasteiger partial charge < -0.3 is 10.5 Å². The maximum atomic E-state index is 12.4. The maximum Gasteiger partial charge on any atom is 0.137 e. The maximum absolute atomic E-state index is 12.4. The van der Waals surface area contributed by atoms with E-state index >= 15 is 0 Å². The van der Waals surface area contributed by atoms with Crippen LogP contribution in [-0.2, 0) is 23.6 Å². The molecule has 102 valence electrons. The molecule has 19 heavy (non-hydrogen) atoms. The fourth-order valence-corrected chi connectivity index (χ4v) is 3.16. The minimum atomic E-state index is -1.19. The Hall–Kier alpha value is -1.82. The lowest BCUT2D eigenvalue weighted by Gasteiger charge is -2.09. The van der Waals surface area contributed by atoms with Crippen LogP contribution in [0.4, 0.5) is 5.69 Å². The van der Waals surface area contributed by atoms with Gasteiger partial charge in [0.05, 0.1) is 39.9 Å². The van der Waals surface area contributed by atoms with Crippen molar-refractivity contribution in [2.45, 2.75) is 17.6 Å². The van der Waals surface area contributed by atoms with Crippen molar-refractivity contribution in [2.24, 2.45) is 7.05 Å². The molecule has 0 spiro atoms. The van der Waals surface area contributed by atoms with Crippen LogP contribution in [-0.4, -0.2) is 21.1 Å². The van der Waals surface area contributed by atoms with Gasteiger partial charge in [0.25, 0.3) is 0 Å². The first-order chi connectivity index (χ1) is 9.01. The number of hydrogen-bond donors (Lipinski definition) is 1. The number of benzene rings is 1. The van der Waals surface area contributed by atoms with Crippen LogP contribution in [0.2, 0.25) is 0 Å². The van der Waals surface area contributed by atoms with Crippen molar-refractivity contribution in [1.82, 2.24) is 9.78 Å². The van der Waals surface area contributed by atoms with Crippen molar-refractivity contribution in [3.63, 3.8) is 0 Å². The second-order valence-corrected chi connectivity index (χ2v) is 5.72. The standard InChI is InChI=1S/C13H17N3O2S/c1-9-6-11(16(2)15-9)8-19(17)13-5-4-10(14)7-12(13)18-3/h4-7H,8,14H2,1-3H3. The van der Waals surface area contributed by atoms with Gasteiger partial charge in [-0.2, -0.15) is 5.10 Å². The topological polar surface area (TPSA) is 70.1 Å². The second-order valence-electron chi connectivity index (χ2n) is 4.30. The monoisotopic (exact) mass is 279 g/mol. The van der Waals surface area contributed by atoms with Gasteiger partial charge in [0.1, 0.15) is 5.75 Å². The summed E-state index contributed by atoms with van der Waals surface area (Å²) in [5.74, 6) is 0.953. The van der Waals surface area contributed by atoms with E-state index in [0.717, 1.165) is 11.4 Å². The lowest BCUT2D eigenvalue weighted by Crippen LogP contribution is -2.04. The highest BCUT2D eigenvalue weighted by molar-refractivity contribution is 7.84. The summed E-state index contributed by atoms with van der Waals surface area (Å²) in [5, 5.41) is 4.25. The molecule has 0 aliphatic heterocycles. The first-order valence-electron chi connectivity index (χ1n) is 5.82. The van der Waals surface area contributed by atoms with Gasteiger partial charge in [-0.05, 0) is 25.1 Å². The summed E-state index contributed by atoms with van der Waals surface area (Å²) in [6, 6.07) is 7.08. The van der Waals surface area contributed by atoms with Gasteiger partial charge in [0, 0.05) is 18.8 Å². The third-order valence-corrected chi connectivity index (χ3v) is 4.20. The molecule has 0 aliphatic rings. The number of anilines is 1. The molecule has 0 radical (unpaired) electrons. The molecule has 1 heterocycles. The average Bonchev–Trinajstić information content (AvgIpc) is 2.67. The molecule has 1 atom stereocenters. The molecule has 0 bridgehead atoms. The Morgan fingerprint density at radius 1 is 1.42 bits per heavy atom. The van der Waals surface area contributed by atoms with E-state index in [2.05, 4.69) is 5.10 Å². The van der Waals surface area contributed by atoms with Crippen LogP contribution in [0.15, 0.2) is 29.2 Å². The zero-order chi connectivity index (χ0) is 14.0. The predicted molar refractivity (Wildman–Crippen MR) is 75.5 cm³/mol. The Bertz CT molecular complexity index is 622. The number of nitrogens with zero attached hydrogens (tertiary/aromatic N) is 2. The SMILES string of the molecule is COc1cc(N)ccc1S(=O)Cc1cc(C)nn1C. The normalized spacial score (nSPS) is 12.4. The van der Waals surface area contributed by atoms with Crippen LogP contribution in [0.5, 0.6) is 5.75 Å². The summed E-state index contributed by atoms with van der Waals surface area (Å²) in [4.78, 5) is 0.649. The lowest BCUT2D eigenvalue weighted by molar-refractivity contribution is 0.404. The quantitative estimate of drug-likeness (QED) is 0.864. The van der Waals surface area contributed by atoms with Crippen molar-refractivity contribution in [2.75, 3.05) is 12.8 Å². The number of ether oxygens (including phenoxy) is 1. The molecule has 0 saturated heterocycles. The van der Waals surface area contributed by atoms with Crippen LogP contribution >= 0.6 is 0 Å². The smallest absolute Gasteiger partial charge is 0.137 e. The van der Waals surface area contributed by atoms with Gasteiger partial charge in [0.2, 0.25) is 0 Å². The number of hydrogen-bond acceptors (Lipinski definition) is 4. The fourth-order valence-electron chi connectivity index (χ4n) is 1.88. The van der Waals surface area contributed by atoms with Gasteiger partial charge >= 0.3 is 0 Å². The number of methoxy groups -OCH3 is 1. The molecule has 2 aromatic rings. The lowest BCUT2D eigenvalue weighted by atomic mass is 10.3. The van der Waals surface area contributed by atoms with E-state index in [9.17, 15) is 4.21 Å². The van der Waals surface area contributed by atoms with Crippen molar-refractivity contribution in [3.8, 4) is 5.75 Å². The van der Waals surface area contributed by atoms with Crippen LogP contribution in [0.1, 0.15) is 11.4 Å². The van der Waals surface area contributed by atoms with Crippen LogP contribution in [0.25, 0.3) is 0 Å². The highest BCUT2D eigenvalue weighted by Gasteiger charge is 2.14. The van der Waals surface area contributed by atoms with E-state index in [4.69, 9.17) is 10.5 Å². The number of aryl methyl sites for hydroxylation is 2. The Balaban J connectivity index is 2.27. The summed E-state index contributed by atoms with van der Waals surface area (Å²) >= 11 is 0. The first-order valence-corrected chi connectivity index (χ1v) is 7.14. The summed E-state index contributed by atoms with van der Waals surface area (Å²) in [5.41, 5.74) is 8.12. The Morgan fingerprint density at radius 3 is 2.74 bits per heavy atom. The molecule has 1 unspecified atom stereocenters. The highest BCUT2D eigenvalue weighted by atomic mass is 32.2. The van der Waals surface area contributed by atoms with Gasteiger partial charge in [-0.3, -0.25) is 8.89 Å². The highest BCUT2D eigenvalue weighted by Crippen LogP contribution is 2.26. The first kappa shape index (κ1) is 13.6. The molecule has 2 N–H and O–H groups in total. The third-order valence-electron chi connectivity index (χ3n) is 2.81. The summed E-state index contributed by atoms with van der Waals surface area (Å²) in [6.07, 6.45) is 0. The molecule has 2 rings (SSSR count). The predicted octanol–water partition coefficient (Wildman–Crippen LogP) is 1.63. The Morgan fingerprint density at radius 2 is 2.16 bits per heavy atom. The van der Waals surface area contributed by atoms with Crippen molar-refractivity contribution in [1.29, 1.82) is 0 Å². The molecular weight excluding hydrogens is 262 g/mol. The van der Waals surface area contributed by atoms with Gasteiger partial charge in [-0.25, -0.2) is 0 Å². The number of rotatable bonds is 4. The summed E-state index contributed by atoms with van der Waals surface area (Å²) < 4.78 is 19.4. The average molecular weight is 279 g/mol. The molecule has 5 nitrogen and oxygen atoms in total. The van der Waals surface area contributed by atoms with Gasteiger partial charge in [0.15, 0.2) is 0 Å². The number of nitrogen functional groups attached to an aromatic ring is 1. The van der Waals surface area contributed by atoms with E-state index in [1.807, 2.05) is 20.0 Å². The third kappa shape index (κ3) is 2.96. The molecule has 1 aromatic carbocycles. The van der Waals surface area contributed by atoms with Gasteiger partial charge in [-0.15, -0.1) is 0 Å². The molecule has 0 amide bonds. The van der Waals surface area contributed by atoms with Crippen LogP contribution < -0.4 is 10.5 Å². The van der Waals surface area contributed by atoms with E-state index in [-0.39, 0.29) is 0 Å². The van der Waals surface area contributed by atoms with E-state index in [1.54, 1.807) is 30.0 Å². The minimum absolute atomic E-state index is 0.400. The Labute approximate surface area is 114 Å². The zero-order valence-electron chi connectivity index (χ0n) is 11.2. The largest absolute Gasteiger partial charge is 0.495 e. The minimum Gasteiger partial charge on any atom is -0.495 e. The second kappa shape index (κ2) is 5.44. The molecule has 0 saturated carbocycles. The van der Waals surface area contributed by atoms with E-state index < -0.39 is 10.8 Å². The number of nitrogens with two attached hydrogens (primary N) is 1. The number of aromatic nitrogens is 2. The molecular formula is C13H17N3O2S. The van der Waals surface area contributed by atoms with E-state index in [0.29, 0.717) is 22.1 Å². The molecule has 1 aromatic heterocycles. The van der Waals surface area contributed by atoms with Crippen molar-refractivity contribution >= 4 is 16.5 Å². The summed E-state index contributed by atoms with van der Waals surface area (Å²) in [6.45, 7) is 1.91. The van der Waals surface area contributed by atoms with Crippen LogP contribution in [0.3, 0.4) is 0 Å². The molecule has 0 fully saturated rings. The van der Waals surface area contributed by atoms with Crippen molar-refractivity contribution in [3.05, 3.63) is 35.7 Å². The van der Waals surface area contributed by atoms with Gasteiger partial charge in [-0.1, -0.05) is 0 Å². The van der Waals surface area contributed by atoms with Crippen LogP contribution in [0, 0.1) is 6.92 Å². The van der Waals surface area contributed by atoms with Crippen molar-refractivity contribution < 1.29 is 8.95 Å². The Kier molecular flexibility index (Phi) is 3.90.